The van der Waals surface area contributed by atoms with Gasteiger partial charge >= 0.3 is 5.97 Å². The van der Waals surface area contributed by atoms with Crippen LogP contribution in [0.15, 0.2) is 24.3 Å². The molecule has 1 amide bonds. The summed E-state index contributed by atoms with van der Waals surface area (Å²) in [6.07, 6.45) is 1.29. The van der Waals surface area contributed by atoms with Crippen LogP contribution >= 0.6 is 0 Å². The van der Waals surface area contributed by atoms with Gasteiger partial charge in [-0.25, -0.2) is 4.79 Å². The molecule has 0 spiro atoms. The van der Waals surface area contributed by atoms with Crippen LogP contribution in [-0.4, -0.2) is 40.3 Å². The third kappa shape index (κ3) is 3.29. The summed E-state index contributed by atoms with van der Waals surface area (Å²) in [5.41, 5.74) is 0.953. The molecule has 21 heavy (non-hydrogen) atoms. The number of benzene rings is 1. The molecule has 2 atom stereocenters. The third-order valence-corrected chi connectivity index (χ3v) is 3.95. The van der Waals surface area contributed by atoms with E-state index in [2.05, 4.69) is 0 Å². The molecule has 1 heterocycles. The molecule has 0 aliphatic carbocycles. The highest BCUT2D eigenvalue weighted by atomic mass is 16.4. The standard InChI is InChI=1S/C16H19NO4/c1-10-7-8-17(14(9-10)16(20)21)15(19)13-5-3-12(4-6-13)11(2)18/h3-6,10,14H,7-9H2,1-2H3,(H,20,21). The second-order valence-corrected chi connectivity index (χ2v) is 5.62. The van der Waals surface area contributed by atoms with Gasteiger partial charge in [0.15, 0.2) is 5.78 Å². The minimum Gasteiger partial charge on any atom is -0.480 e. The van der Waals surface area contributed by atoms with Crippen LogP contribution in [0.25, 0.3) is 0 Å². The predicted molar refractivity (Wildman–Crippen MR) is 77.3 cm³/mol. The van der Waals surface area contributed by atoms with Crippen LogP contribution in [0.5, 0.6) is 0 Å². The molecule has 2 rings (SSSR count). The zero-order valence-corrected chi connectivity index (χ0v) is 12.2. The molecular formula is C16H19NO4. The number of likely N-dealkylation sites (tertiary alicyclic amines) is 1. The van der Waals surface area contributed by atoms with E-state index in [0.29, 0.717) is 30.0 Å². The molecule has 112 valence electrons. The number of carbonyl (C=O) groups is 3. The number of aliphatic carboxylic acids is 1. The first kappa shape index (κ1) is 15.2. The molecule has 1 aliphatic heterocycles. The molecule has 1 saturated heterocycles. The van der Waals surface area contributed by atoms with Crippen LogP contribution in [0, 0.1) is 5.92 Å². The predicted octanol–water partition coefficient (Wildman–Crippen LogP) is 2.21. The van der Waals surface area contributed by atoms with Crippen molar-refractivity contribution in [2.24, 2.45) is 5.92 Å². The molecule has 5 nitrogen and oxygen atoms in total. The van der Waals surface area contributed by atoms with Crippen molar-refractivity contribution in [3.05, 3.63) is 35.4 Å². The number of hydrogen-bond donors (Lipinski definition) is 1. The maximum absolute atomic E-state index is 12.5. The maximum Gasteiger partial charge on any atom is 0.326 e. The van der Waals surface area contributed by atoms with Crippen LogP contribution in [0.4, 0.5) is 0 Å². The molecule has 5 heteroatoms. The van der Waals surface area contributed by atoms with E-state index in [-0.39, 0.29) is 11.7 Å². The van der Waals surface area contributed by atoms with Crippen molar-refractivity contribution < 1.29 is 19.5 Å². The number of nitrogens with zero attached hydrogens (tertiary/aromatic N) is 1. The Morgan fingerprint density at radius 1 is 1.14 bits per heavy atom. The molecule has 1 aromatic carbocycles. The number of carbonyl (C=O) groups excluding carboxylic acids is 2. The van der Waals surface area contributed by atoms with Gasteiger partial charge in [-0.15, -0.1) is 0 Å². The first-order valence-corrected chi connectivity index (χ1v) is 7.05. The van der Waals surface area contributed by atoms with Crippen molar-refractivity contribution in [1.82, 2.24) is 4.90 Å². The van der Waals surface area contributed by atoms with Crippen LogP contribution in [0.1, 0.15) is 47.4 Å². The summed E-state index contributed by atoms with van der Waals surface area (Å²) in [6.45, 7) is 3.91. The summed E-state index contributed by atoms with van der Waals surface area (Å²) in [4.78, 5) is 36.5. The highest BCUT2D eigenvalue weighted by molar-refractivity contribution is 5.99. The fourth-order valence-corrected chi connectivity index (χ4v) is 2.63. The quantitative estimate of drug-likeness (QED) is 0.866. The smallest absolute Gasteiger partial charge is 0.326 e. The molecule has 0 radical (unpaired) electrons. The van der Waals surface area contributed by atoms with Gasteiger partial charge in [-0.05, 0) is 37.8 Å². The topological polar surface area (TPSA) is 74.7 Å². The van der Waals surface area contributed by atoms with Gasteiger partial charge in [-0.2, -0.15) is 0 Å². The highest BCUT2D eigenvalue weighted by Crippen LogP contribution is 2.24. The first-order chi connectivity index (χ1) is 9.90. The molecule has 1 fully saturated rings. The van der Waals surface area contributed by atoms with Gasteiger partial charge in [-0.3, -0.25) is 9.59 Å². The Morgan fingerprint density at radius 2 is 1.71 bits per heavy atom. The number of ketones is 1. The summed E-state index contributed by atoms with van der Waals surface area (Å²) < 4.78 is 0. The molecule has 2 unspecified atom stereocenters. The Hall–Kier alpha value is -2.17. The fourth-order valence-electron chi connectivity index (χ4n) is 2.63. The molecule has 1 aromatic rings. The zero-order chi connectivity index (χ0) is 15.6. The average Bonchev–Trinajstić information content (AvgIpc) is 2.46. The largest absolute Gasteiger partial charge is 0.480 e. The van der Waals surface area contributed by atoms with E-state index in [1.165, 1.54) is 11.8 Å². The zero-order valence-electron chi connectivity index (χ0n) is 12.2. The number of hydrogen-bond acceptors (Lipinski definition) is 3. The fraction of sp³-hybridized carbons (Fsp3) is 0.438. The van der Waals surface area contributed by atoms with Gasteiger partial charge in [0.25, 0.3) is 5.91 Å². The molecule has 1 N–H and O–H groups in total. The Morgan fingerprint density at radius 3 is 2.24 bits per heavy atom. The molecular weight excluding hydrogens is 270 g/mol. The van der Waals surface area contributed by atoms with E-state index in [4.69, 9.17) is 0 Å². The van der Waals surface area contributed by atoms with Gasteiger partial charge in [0.2, 0.25) is 0 Å². The van der Waals surface area contributed by atoms with Gasteiger partial charge < -0.3 is 10.0 Å². The maximum atomic E-state index is 12.5. The van der Waals surface area contributed by atoms with Gasteiger partial charge in [0.1, 0.15) is 6.04 Å². The van der Waals surface area contributed by atoms with E-state index in [1.807, 2.05) is 6.92 Å². The SMILES string of the molecule is CC(=O)c1ccc(C(=O)N2CCC(C)CC2C(=O)O)cc1. The highest BCUT2D eigenvalue weighted by Gasteiger charge is 2.35. The third-order valence-electron chi connectivity index (χ3n) is 3.95. The second kappa shape index (κ2) is 6.08. The van der Waals surface area contributed by atoms with Crippen LogP contribution < -0.4 is 0 Å². The van der Waals surface area contributed by atoms with Crippen molar-refractivity contribution in [2.45, 2.75) is 32.7 Å². The van der Waals surface area contributed by atoms with Crippen molar-refractivity contribution in [1.29, 1.82) is 0 Å². The number of carboxylic acid groups (broad SMARTS) is 1. The molecule has 0 saturated carbocycles. The molecule has 1 aliphatic rings. The Balaban J connectivity index is 2.21. The van der Waals surface area contributed by atoms with Gasteiger partial charge in [0, 0.05) is 17.7 Å². The van der Waals surface area contributed by atoms with Crippen LogP contribution in [0.2, 0.25) is 0 Å². The normalized spacial score (nSPS) is 21.9. The van der Waals surface area contributed by atoms with Crippen LogP contribution in [-0.2, 0) is 4.79 Å². The van der Waals surface area contributed by atoms with Crippen molar-refractivity contribution in [3.63, 3.8) is 0 Å². The number of carboxylic acids is 1. The lowest BCUT2D eigenvalue weighted by molar-refractivity contribution is -0.144. The summed E-state index contributed by atoms with van der Waals surface area (Å²) in [5, 5.41) is 9.30. The Kier molecular flexibility index (Phi) is 4.40. The van der Waals surface area contributed by atoms with E-state index in [1.54, 1.807) is 24.3 Å². The van der Waals surface area contributed by atoms with E-state index in [9.17, 15) is 19.5 Å². The molecule has 0 aromatic heterocycles. The number of rotatable bonds is 3. The number of Topliss-reactive ketones (excluding diaryl/α,β-unsaturated/α-hetero) is 1. The summed E-state index contributed by atoms with van der Waals surface area (Å²) in [7, 11) is 0. The number of amides is 1. The summed E-state index contributed by atoms with van der Waals surface area (Å²) >= 11 is 0. The Labute approximate surface area is 123 Å². The van der Waals surface area contributed by atoms with E-state index < -0.39 is 12.0 Å². The lowest BCUT2D eigenvalue weighted by Crippen LogP contribution is -2.49. The number of piperidine rings is 1. The second-order valence-electron chi connectivity index (χ2n) is 5.62. The molecule has 0 bridgehead atoms. The van der Waals surface area contributed by atoms with Crippen molar-refractivity contribution >= 4 is 17.7 Å². The van der Waals surface area contributed by atoms with Crippen LogP contribution in [0.3, 0.4) is 0 Å². The monoisotopic (exact) mass is 289 g/mol. The first-order valence-electron chi connectivity index (χ1n) is 7.05. The van der Waals surface area contributed by atoms with Crippen molar-refractivity contribution in [3.8, 4) is 0 Å². The Bertz CT molecular complexity index is 564. The lowest BCUT2D eigenvalue weighted by Gasteiger charge is -2.36. The van der Waals surface area contributed by atoms with E-state index >= 15 is 0 Å². The average molecular weight is 289 g/mol. The minimum absolute atomic E-state index is 0.0655. The van der Waals surface area contributed by atoms with Gasteiger partial charge in [-0.1, -0.05) is 19.1 Å². The summed E-state index contributed by atoms with van der Waals surface area (Å²) in [5.74, 6) is -1.01. The summed E-state index contributed by atoms with van der Waals surface area (Å²) in [6, 6.07) is 5.58. The van der Waals surface area contributed by atoms with E-state index in [0.717, 1.165) is 6.42 Å². The van der Waals surface area contributed by atoms with Crippen molar-refractivity contribution in [2.75, 3.05) is 6.54 Å². The lowest BCUT2D eigenvalue weighted by atomic mass is 9.92. The van der Waals surface area contributed by atoms with Gasteiger partial charge in [0.05, 0.1) is 0 Å². The minimum atomic E-state index is -0.963.